The molecule has 0 saturated carbocycles. The van der Waals surface area contributed by atoms with Crippen molar-refractivity contribution in [3.8, 4) is 0 Å². The molecule has 0 atom stereocenters. The highest BCUT2D eigenvalue weighted by atomic mass is 16.1. The van der Waals surface area contributed by atoms with Gasteiger partial charge in [-0.25, -0.2) is 9.97 Å². The maximum absolute atomic E-state index is 12.4. The maximum atomic E-state index is 12.4. The van der Waals surface area contributed by atoms with Gasteiger partial charge in [-0.15, -0.1) is 0 Å². The lowest BCUT2D eigenvalue weighted by atomic mass is 10.0. The highest BCUT2D eigenvalue weighted by molar-refractivity contribution is 5.96. The number of benzene rings is 1. The summed E-state index contributed by atoms with van der Waals surface area (Å²) in [6, 6.07) is 5.60. The molecule has 26 heavy (non-hydrogen) atoms. The van der Waals surface area contributed by atoms with Crippen molar-refractivity contribution in [3.63, 3.8) is 0 Å². The summed E-state index contributed by atoms with van der Waals surface area (Å²) >= 11 is 0. The molecule has 0 spiro atoms. The Bertz CT molecular complexity index is 759. The topological polar surface area (TPSA) is 105 Å². The van der Waals surface area contributed by atoms with Gasteiger partial charge in [-0.05, 0) is 49.7 Å². The molecule has 7 nitrogen and oxygen atoms in total. The number of aryl methyl sites for hydroxylation is 1. The molecule has 2 aromatic rings. The summed E-state index contributed by atoms with van der Waals surface area (Å²) < 4.78 is 0. The lowest BCUT2D eigenvalue weighted by molar-refractivity contribution is 0.0952. The molecule has 1 heterocycles. The van der Waals surface area contributed by atoms with E-state index in [-0.39, 0.29) is 5.91 Å². The fourth-order valence-corrected chi connectivity index (χ4v) is 2.46. The average Bonchev–Trinajstić information content (AvgIpc) is 2.66. The molecule has 0 aliphatic heterocycles. The Hall–Kier alpha value is -3.09. The van der Waals surface area contributed by atoms with E-state index >= 15 is 0 Å². The van der Waals surface area contributed by atoms with Crippen molar-refractivity contribution in [3.05, 3.63) is 54.0 Å². The number of nitrogen functional groups attached to an aromatic ring is 1. The van der Waals surface area contributed by atoms with Crippen LogP contribution < -0.4 is 21.7 Å². The quantitative estimate of drug-likeness (QED) is 0.516. The minimum atomic E-state index is -0.0570. The second-order valence-corrected chi connectivity index (χ2v) is 5.70. The van der Waals surface area contributed by atoms with Gasteiger partial charge in [-0.1, -0.05) is 13.0 Å². The van der Waals surface area contributed by atoms with Crippen LogP contribution in [0.2, 0.25) is 0 Å². The van der Waals surface area contributed by atoms with Gasteiger partial charge >= 0.3 is 0 Å². The van der Waals surface area contributed by atoms with Gasteiger partial charge in [0.15, 0.2) is 11.6 Å². The Morgan fingerprint density at radius 2 is 2.04 bits per heavy atom. The number of rotatable bonds is 9. The van der Waals surface area contributed by atoms with Crippen molar-refractivity contribution >= 4 is 23.2 Å². The van der Waals surface area contributed by atoms with Crippen molar-refractivity contribution in [1.82, 2.24) is 20.6 Å². The molecular formula is C19H26N6O. The monoisotopic (exact) mass is 354 g/mol. The van der Waals surface area contributed by atoms with Gasteiger partial charge in [0.05, 0.1) is 0 Å². The van der Waals surface area contributed by atoms with Crippen LogP contribution in [-0.2, 0) is 6.42 Å². The summed E-state index contributed by atoms with van der Waals surface area (Å²) in [7, 11) is 0. The van der Waals surface area contributed by atoms with Crippen LogP contribution in [0.15, 0.2) is 42.9 Å². The molecule has 1 amide bonds. The maximum Gasteiger partial charge on any atom is 0.251 e. The number of carbonyl (C=O) groups excluding carboxylic acids is 1. The van der Waals surface area contributed by atoms with E-state index in [1.807, 2.05) is 44.3 Å². The number of carbonyl (C=O) groups is 1. The normalized spacial score (nSPS) is 10.7. The predicted molar refractivity (Wildman–Crippen MR) is 105 cm³/mol. The molecule has 0 aliphatic carbocycles. The highest BCUT2D eigenvalue weighted by Crippen LogP contribution is 2.22. The van der Waals surface area contributed by atoms with E-state index in [0.29, 0.717) is 23.7 Å². The first kappa shape index (κ1) is 19.2. The van der Waals surface area contributed by atoms with Crippen molar-refractivity contribution in [1.29, 1.82) is 0 Å². The Morgan fingerprint density at radius 3 is 2.77 bits per heavy atom. The van der Waals surface area contributed by atoms with Crippen LogP contribution in [-0.4, -0.2) is 29.0 Å². The number of nitrogens with zero attached hydrogens (tertiary/aromatic N) is 2. The van der Waals surface area contributed by atoms with Crippen molar-refractivity contribution in [2.24, 2.45) is 0 Å². The Morgan fingerprint density at radius 1 is 1.23 bits per heavy atom. The molecule has 0 aliphatic rings. The summed E-state index contributed by atoms with van der Waals surface area (Å²) in [4.78, 5) is 20.6. The zero-order valence-corrected chi connectivity index (χ0v) is 15.2. The van der Waals surface area contributed by atoms with Gasteiger partial charge in [-0.2, -0.15) is 0 Å². The van der Waals surface area contributed by atoms with Crippen molar-refractivity contribution in [2.75, 3.05) is 24.1 Å². The summed E-state index contributed by atoms with van der Waals surface area (Å²) in [5.41, 5.74) is 8.27. The zero-order chi connectivity index (χ0) is 18.8. The lowest BCUT2D eigenvalue weighted by Gasteiger charge is -2.12. The van der Waals surface area contributed by atoms with Crippen LogP contribution in [0.5, 0.6) is 0 Å². The lowest BCUT2D eigenvalue weighted by Crippen LogP contribution is -2.27. The standard InChI is InChI=1S/C19H26N6O/c1-3-8-21-9-5-10-24-19(26)16-7-6-15(13-14(16)4-2)25-18-17(20)22-11-12-23-18/h3,6-8,11-13,21H,4-5,9-10H2,1-2H3,(H2,20,22)(H,23,25)(H,24,26)/b8-3-. The smallest absolute Gasteiger partial charge is 0.251 e. The number of anilines is 3. The number of nitrogens with one attached hydrogen (secondary N) is 3. The Labute approximate surface area is 154 Å². The fourth-order valence-electron chi connectivity index (χ4n) is 2.46. The van der Waals surface area contributed by atoms with Crippen LogP contribution in [0, 0.1) is 0 Å². The zero-order valence-electron chi connectivity index (χ0n) is 15.2. The average molecular weight is 354 g/mol. The molecule has 5 N–H and O–H groups in total. The van der Waals surface area contributed by atoms with Crippen molar-refractivity contribution in [2.45, 2.75) is 26.7 Å². The molecule has 7 heteroatoms. The molecule has 0 bridgehead atoms. The van der Waals surface area contributed by atoms with E-state index in [4.69, 9.17) is 5.73 Å². The minimum Gasteiger partial charge on any atom is -0.391 e. The minimum absolute atomic E-state index is 0.0570. The van der Waals surface area contributed by atoms with E-state index in [9.17, 15) is 4.79 Å². The van der Waals surface area contributed by atoms with Gasteiger partial charge < -0.3 is 21.7 Å². The SMILES string of the molecule is C/C=C\NCCCNC(=O)c1ccc(Nc2nccnc2N)cc1CC. The third kappa shape index (κ3) is 5.47. The number of aromatic nitrogens is 2. The Kier molecular flexibility index (Phi) is 7.42. The first-order valence-electron chi connectivity index (χ1n) is 8.74. The first-order valence-corrected chi connectivity index (χ1v) is 8.74. The molecule has 138 valence electrons. The first-order chi connectivity index (χ1) is 12.7. The summed E-state index contributed by atoms with van der Waals surface area (Å²) in [6.45, 7) is 5.43. The molecule has 1 aromatic carbocycles. The fraction of sp³-hybridized carbons (Fsp3) is 0.316. The third-order valence-corrected chi connectivity index (χ3v) is 3.79. The molecule has 0 fully saturated rings. The number of amides is 1. The van der Waals surface area contributed by atoms with Gasteiger partial charge in [0.1, 0.15) is 0 Å². The molecular weight excluding hydrogens is 328 g/mol. The van der Waals surface area contributed by atoms with Crippen molar-refractivity contribution < 1.29 is 4.79 Å². The van der Waals surface area contributed by atoms with Crippen LogP contribution in [0.1, 0.15) is 36.2 Å². The number of hydrogen-bond donors (Lipinski definition) is 4. The summed E-state index contributed by atoms with van der Waals surface area (Å²) in [6.07, 6.45) is 8.56. The van der Waals surface area contributed by atoms with E-state index < -0.39 is 0 Å². The van der Waals surface area contributed by atoms with E-state index in [1.54, 1.807) is 12.4 Å². The van der Waals surface area contributed by atoms with E-state index in [2.05, 4.69) is 25.9 Å². The summed E-state index contributed by atoms with van der Waals surface area (Å²) in [5.74, 6) is 0.776. The van der Waals surface area contributed by atoms with Gasteiger partial charge in [0.2, 0.25) is 0 Å². The molecule has 0 unspecified atom stereocenters. The third-order valence-electron chi connectivity index (χ3n) is 3.79. The number of allylic oxidation sites excluding steroid dienone is 1. The Balaban J connectivity index is 1.99. The molecule has 1 aromatic heterocycles. The largest absolute Gasteiger partial charge is 0.391 e. The molecule has 0 radical (unpaired) electrons. The van der Waals surface area contributed by atoms with Gasteiger partial charge in [0, 0.05) is 36.7 Å². The summed E-state index contributed by atoms with van der Waals surface area (Å²) in [5, 5.41) is 9.25. The second kappa shape index (κ2) is 10.0. The second-order valence-electron chi connectivity index (χ2n) is 5.70. The highest BCUT2D eigenvalue weighted by Gasteiger charge is 2.11. The molecule has 0 saturated heterocycles. The number of hydrogen-bond acceptors (Lipinski definition) is 6. The van der Waals surface area contributed by atoms with E-state index in [0.717, 1.165) is 30.6 Å². The van der Waals surface area contributed by atoms with Crippen LogP contribution in [0.25, 0.3) is 0 Å². The number of nitrogens with two attached hydrogens (primary N) is 1. The van der Waals surface area contributed by atoms with Gasteiger partial charge in [-0.3, -0.25) is 4.79 Å². The van der Waals surface area contributed by atoms with Gasteiger partial charge in [0.25, 0.3) is 5.91 Å². The predicted octanol–water partition coefficient (Wildman–Crippen LogP) is 2.61. The van der Waals surface area contributed by atoms with Crippen LogP contribution in [0.4, 0.5) is 17.3 Å². The van der Waals surface area contributed by atoms with E-state index in [1.165, 1.54) is 0 Å². The van der Waals surface area contributed by atoms with Crippen LogP contribution >= 0.6 is 0 Å². The molecule has 2 rings (SSSR count). The van der Waals surface area contributed by atoms with Crippen LogP contribution in [0.3, 0.4) is 0 Å².